The van der Waals surface area contributed by atoms with Crippen LogP contribution >= 0.6 is 0 Å². The van der Waals surface area contributed by atoms with E-state index in [1.54, 1.807) is 30.3 Å². The predicted molar refractivity (Wildman–Crippen MR) is 85.7 cm³/mol. The number of carbonyl (C=O) groups is 3. The number of ether oxygens (including phenoxy) is 3. The molecule has 2 rings (SSSR count). The molecule has 0 radical (unpaired) electrons. The first-order valence-corrected chi connectivity index (χ1v) is 7.11. The van der Waals surface area contributed by atoms with Crippen LogP contribution in [0.15, 0.2) is 42.5 Å². The maximum atomic E-state index is 12.5. The second-order valence-corrected chi connectivity index (χ2v) is 4.87. The van der Waals surface area contributed by atoms with Crippen LogP contribution in [-0.4, -0.2) is 24.8 Å². The van der Waals surface area contributed by atoms with E-state index in [1.165, 1.54) is 33.1 Å². The zero-order valence-corrected chi connectivity index (χ0v) is 13.5. The van der Waals surface area contributed by atoms with Crippen molar-refractivity contribution in [1.82, 2.24) is 0 Å². The molecule has 0 unspecified atom stereocenters. The van der Waals surface area contributed by atoms with Crippen molar-refractivity contribution in [2.75, 3.05) is 7.11 Å². The number of carbonyl (C=O) groups excluding carboxylic acids is 3. The Hall–Kier alpha value is -3.15. The van der Waals surface area contributed by atoms with Crippen LogP contribution in [0.25, 0.3) is 0 Å². The zero-order valence-electron chi connectivity index (χ0n) is 13.5. The Bertz CT molecular complexity index is 794. The molecule has 6 nitrogen and oxygen atoms in total. The van der Waals surface area contributed by atoms with Gasteiger partial charge in [0.1, 0.15) is 11.3 Å². The number of para-hydroxylation sites is 2. The lowest BCUT2D eigenvalue weighted by atomic mass is 10.1. The van der Waals surface area contributed by atoms with Crippen molar-refractivity contribution >= 4 is 17.7 Å². The van der Waals surface area contributed by atoms with E-state index < -0.39 is 11.9 Å². The molecule has 0 fully saturated rings. The summed E-state index contributed by atoms with van der Waals surface area (Å²) in [6, 6.07) is 11.0. The molecule has 0 bridgehead atoms. The number of hydrogen-bond donors (Lipinski definition) is 0. The average molecular weight is 328 g/mol. The fourth-order valence-corrected chi connectivity index (χ4v) is 2.09. The maximum Gasteiger partial charge on any atom is 0.347 e. The Kier molecular flexibility index (Phi) is 5.31. The van der Waals surface area contributed by atoms with Gasteiger partial charge >= 0.3 is 11.9 Å². The molecule has 0 amide bonds. The molecule has 0 saturated heterocycles. The van der Waals surface area contributed by atoms with E-state index in [2.05, 4.69) is 0 Å². The third kappa shape index (κ3) is 3.78. The largest absolute Gasteiger partial charge is 0.493 e. The Morgan fingerprint density at radius 1 is 0.792 bits per heavy atom. The van der Waals surface area contributed by atoms with E-state index in [9.17, 15) is 14.4 Å². The van der Waals surface area contributed by atoms with E-state index in [0.717, 1.165) is 0 Å². The van der Waals surface area contributed by atoms with Crippen molar-refractivity contribution in [3.8, 4) is 17.2 Å². The topological polar surface area (TPSA) is 78.9 Å². The van der Waals surface area contributed by atoms with Gasteiger partial charge in [0, 0.05) is 6.92 Å². The van der Waals surface area contributed by atoms with Gasteiger partial charge in [-0.05, 0) is 31.2 Å². The quantitative estimate of drug-likeness (QED) is 0.477. The van der Waals surface area contributed by atoms with Crippen molar-refractivity contribution in [3.05, 3.63) is 53.6 Å². The fourth-order valence-electron chi connectivity index (χ4n) is 2.09. The lowest BCUT2D eigenvalue weighted by Crippen LogP contribution is -2.14. The molecular formula is C18H16O6. The summed E-state index contributed by atoms with van der Waals surface area (Å²) < 4.78 is 15.5. The molecule has 0 spiro atoms. The summed E-state index contributed by atoms with van der Waals surface area (Å²) in [5.41, 5.74) is 0.297. The highest BCUT2D eigenvalue weighted by molar-refractivity contribution is 6.00. The summed E-state index contributed by atoms with van der Waals surface area (Å²) in [4.78, 5) is 35.4. The minimum Gasteiger partial charge on any atom is -0.493 e. The van der Waals surface area contributed by atoms with Crippen LogP contribution in [0, 0.1) is 0 Å². The van der Waals surface area contributed by atoms with Crippen LogP contribution in [0.3, 0.4) is 0 Å². The van der Waals surface area contributed by atoms with Gasteiger partial charge in [0.2, 0.25) is 0 Å². The van der Waals surface area contributed by atoms with E-state index in [-0.39, 0.29) is 34.2 Å². The maximum absolute atomic E-state index is 12.5. The van der Waals surface area contributed by atoms with Crippen molar-refractivity contribution in [1.29, 1.82) is 0 Å². The second kappa shape index (κ2) is 7.41. The molecule has 0 aliphatic heterocycles. The average Bonchev–Trinajstić information content (AvgIpc) is 2.54. The van der Waals surface area contributed by atoms with Crippen molar-refractivity contribution in [3.63, 3.8) is 0 Å². The van der Waals surface area contributed by atoms with E-state index in [4.69, 9.17) is 14.2 Å². The smallest absolute Gasteiger partial charge is 0.347 e. The van der Waals surface area contributed by atoms with Crippen LogP contribution in [0.2, 0.25) is 0 Å². The van der Waals surface area contributed by atoms with Gasteiger partial charge in [0.25, 0.3) is 0 Å². The van der Waals surface area contributed by atoms with Gasteiger partial charge in [-0.3, -0.25) is 9.59 Å². The molecule has 124 valence electrons. The molecule has 24 heavy (non-hydrogen) atoms. The molecule has 0 aliphatic carbocycles. The Balaban J connectivity index is 2.40. The fraction of sp³-hybridized carbons (Fsp3) is 0.167. The second-order valence-electron chi connectivity index (χ2n) is 4.87. The van der Waals surface area contributed by atoms with E-state index >= 15 is 0 Å². The first kappa shape index (κ1) is 17.2. The number of rotatable bonds is 5. The highest BCUT2D eigenvalue weighted by atomic mass is 16.6. The summed E-state index contributed by atoms with van der Waals surface area (Å²) in [6.45, 7) is 2.59. The van der Waals surface area contributed by atoms with Crippen molar-refractivity contribution < 1.29 is 28.6 Å². The zero-order chi connectivity index (χ0) is 17.7. The number of hydrogen-bond acceptors (Lipinski definition) is 6. The standard InChI is InChI=1S/C18H16O6/c1-11(19)13-7-4-5-9-15(13)24-18(21)14-8-6-10-16(22-3)17(14)23-12(2)20/h4-10H,1-3H3. The van der Waals surface area contributed by atoms with Crippen molar-refractivity contribution in [2.45, 2.75) is 13.8 Å². The lowest BCUT2D eigenvalue weighted by Gasteiger charge is -2.13. The highest BCUT2D eigenvalue weighted by Gasteiger charge is 2.21. The molecule has 0 aliphatic rings. The molecule has 0 saturated carbocycles. The van der Waals surface area contributed by atoms with E-state index in [0.29, 0.717) is 0 Å². The molecule has 2 aromatic carbocycles. The van der Waals surface area contributed by atoms with Gasteiger partial charge in [0.15, 0.2) is 17.3 Å². The van der Waals surface area contributed by atoms with Gasteiger partial charge in [-0.25, -0.2) is 4.79 Å². The van der Waals surface area contributed by atoms with Gasteiger partial charge in [-0.1, -0.05) is 18.2 Å². The van der Waals surface area contributed by atoms with Crippen LogP contribution < -0.4 is 14.2 Å². The Labute approximate surface area is 139 Å². The molecule has 2 aromatic rings. The van der Waals surface area contributed by atoms with Gasteiger partial charge < -0.3 is 14.2 Å². The summed E-state index contributed by atoms with van der Waals surface area (Å²) >= 11 is 0. The third-order valence-electron chi connectivity index (χ3n) is 3.13. The molecule has 0 atom stereocenters. The molecule has 0 N–H and O–H groups in total. The van der Waals surface area contributed by atoms with Crippen LogP contribution in [0.4, 0.5) is 0 Å². The summed E-state index contributed by atoms with van der Waals surface area (Å²) in [5.74, 6) is -1.27. The number of Topliss-reactive ketones (excluding diaryl/α,β-unsaturated/α-hetero) is 1. The minimum atomic E-state index is -0.765. The van der Waals surface area contributed by atoms with E-state index in [1.807, 2.05) is 0 Å². The number of esters is 2. The third-order valence-corrected chi connectivity index (χ3v) is 3.13. The number of methoxy groups -OCH3 is 1. The molecular weight excluding hydrogens is 312 g/mol. The van der Waals surface area contributed by atoms with Crippen LogP contribution in [0.1, 0.15) is 34.6 Å². The monoisotopic (exact) mass is 328 g/mol. The first-order valence-electron chi connectivity index (χ1n) is 7.11. The van der Waals surface area contributed by atoms with Crippen LogP contribution in [0.5, 0.6) is 17.2 Å². The van der Waals surface area contributed by atoms with Gasteiger partial charge in [0.05, 0.1) is 12.7 Å². The highest BCUT2D eigenvalue weighted by Crippen LogP contribution is 2.32. The predicted octanol–water partition coefficient (Wildman–Crippen LogP) is 3.04. The first-order chi connectivity index (χ1) is 11.4. The Morgan fingerprint density at radius 3 is 2.04 bits per heavy atom. The summed E-state index contributed by atoms with van der Waals surface area (Å²) in [5, 5.41) is 0. The Morgan fingerprint density at radius 2 is 1.42 bits per heavy atom. The van der Waals surface area contributed by atoms with Crippen LogP contribution in [-0.2, 0) is 4.79 Å². The normalized spacial score (nSPS) is 9.96. The molecule has 0 aromatic heterocycles. The minimum absolute atomic E-state index is 0.0166. The summed E-state index contributed by atoms with van der Waals surface area (Å²) in [6.07, 6.45) is 0. The number of benzene rings is 2. The molecule has 0 heterocycles. The van der Waals surface area contributed by atoms with Crippen molar-refractivity contribution in [2.24, 2.45) is 0 Å². The van der Waals surface area contributed by atoms with Gasteiger partial charge in [-0.15, -0.1) is 0 Å². The van der Waals surface area contributed by atoms with Gasteiger partial charge in [-0.2, -0.15) is 0 Å². The summed E-state index contributed by atoms with van der Waals surface area (Å²) in [7, 11) is 1.39. The lowest BCUT2D eigenvalue weighted by molar-refractivity contribution is -0.132. The SMILES string of the molecule is COc1cccc(C(=O)Oc2ccccc2C(C)=O)c1OC(C)=O. The number of ketones is 1. The molecule has 6 heteroatoms.